The van der Waals surface area contributed by atoms with Gasteiger partial charge in [0.05, 0.1) is 11.9 Å². The number of pyridine rings is 1. The maximum atomic E-state index is 11.6. The van der Waals surface area contributed by atoms with Crippen LogP contribution in [0.15, 0.2) is 53.8 Å². The van der Waals surface area contributed by atoms with Gasteiger partial charge < -0.3 is 5.32 Å². The van der Waals surface area contributed by atoms with Crippen LogP contribution >= 0.6 is 0 Å². The quantitative estimate of drug-likeness (QED) is 0.508. The highest BCUT2D eigenvalue weighted by atomic mass is 16.2. The van der Waals surface area contributed by atoms with Crippen LogP contribution in [0.2, 0.25) is 0 Å². The Balaban J connectivity index is 1.87. The van der Waals surface area contributed by atoms with Crippen molar-refractivity contribution >= 4 is 23.7 Å². The molecule has 0 unspecified atom stereocenters. The van der Waals surface area contributed by atoms with Gasteiger partial charge in [-0.3, -0.25) is 14.6 Å². The zero-order valence-electron chi connectivity index (χ0n) is 11.4. The summed E-state index contributed by atoms with van der Waals surface area (Å²) in [4.78, 5) is 27.2. The van der Waals surface area contributed by atoms with Gasteiger partial charge in [-0.15, -0.1) is 0 Å². The number of rotatable bonds is 3. The first kappa shape index (κ1) is 14.4. The number of nitrogens with one attached hydrogen (secondary N) is 2. The lowest BCUT2D eigenvalue weighted by Crippen LogP contribution is -2.32. The van der Waals surface area contributed by atoms with E-state index in [-0.39, 0.29) is 0 Å². The summed E-state index contributed by atoms with van der Waals surface area (Å²) < 4.78 is 0. The lowest BCUT2D eigenvalue weighted by atomic mass is 10.2. The number of hydrogen-bond donors (Lipinski definition) is 2. The SMILES string of the molecule is Cc1ccc(NC(=O)C(=O)N/N=C/c2ccccn2)cc1. The van der Waals surface area contributed by atoms with E-state index in [4.69, 9.17) is 0 Å². The summed E-state index contributed by atoms with van der Waals surface area (Å²) >= 11 is 0. The Kier molecular flexibility index (Phi) is 4.76. The molecule has 106 valence electrons. The first-order valence-electron chi connectivity index (χ1n) is 6.27. The molecular weight excluding hydrogens is 268 g/mol. The minimum atomic E-state index is -0.845. The molecule has 0 radical (unpaired) electrons. The first-order chi connectivity index (χ1) is 10.1. The van der Waals surface area contributed by atoms with Crippen LogP contribution in [0, 0.1) is 6.92 Å². The number of benzene rings is 1. The van der Waals surface area contributed by atoms with Gasteiger partial charge in [0.2, 0.25) is 0 Å². The third kappa shape index (κ3) is 4.54. The third-order valence-corrected chi connectivity index (χ3v) is 2.57. The summed E-state index contributed by atoms with van der Waals surface area (Å²) in [6.07, 6.45) is 2.96. The lowest BCUT2D eigenvalue weighted by Gasteiger charge is -2.03. The molecule has 2 amide bonds. The Morgan fingerprint density at radius 1 is 1.10 bits per heavy atom. The average Bonchev–Trinajstić information content (AvgIpc) is 2.50. The number of carbonyl (C=O) groups is 2. The number of anilines is 1. The van der Waals surface area contributed by atoms with E-state index in [1.54, 1.807) is 36.5 Å². The molecular formula is C15H14N4O2. The van der Waals surface area contributed by atoms with Crippen molar-refractivity contribution in [3.8, 4) is 0 Å². The van der Waals surface area contributed by atoms with Crippen molar-refractivity contribution in [2.45, 2.75) is 6.92 Å². The Bertz CT molecular complexity index is 651. The molecule has 0 aliphatic rings. The molecule has 1 heterocycles. The van der Waals surface area contributed by atoms with E-state index in [1.165, 1.54) is 6.21 Å². The molecule has 6 nitrogen and oxygen atoms in total. The number of carbonyl (C=O) groups excluding carboxylic acids is 2. The topological polar surface area (TPSA) is 83.5 Å². The van der Waals surface area contributed by atoms with Gasteiger partial charge in [-0.2, -0.15) is 5.10 Å². The minimum Gasteiger partial charge on any atom is -0.318 e. The summed E-state index contributed by atoms with van der Waals surface area (Å²) in [5.41, 5.74) is 4.34. The molecule has 0 saturated carbocycles. The molecule has 0 aliphatic heterocycles. The number of aromatic nitrogens is 1. The maximum absolute atomic E-state index is 11.6. The number of hydrazone groups is 1. The predicted molar refractivity (Wildman–Crippen MR) is 79.8 cm³/mol. The van der Waals surface area contributed by atoms with Crippen LogP contribution in [-0.4, -0.2) is 23.0 Å². The van der Waals surface area contributed by atoms with E-state index in [0.29, 0.717) is 11.4 Å². The van der Waals surface area contributed by atoms with Gasteiger partial charge >= 0.3 is 11.8 Å². The molecule has 0 spiro atoms. The van der Waals surface area contributed by atoms with Crippen molar-refractivity contribution in [1.82, 2.24) is 10.4 Å². The van der Waals surface area contributed by atoms with Gasteiger partial charge in [-0.05, 0) is 31.2 Å². The van der Waals surface area contributed by atoms with Crippen molar-refractivity contribution in [2.24, 2.45) is 5.10 Å². The fourth-order valence-electron chi connectivity index (χ4n) is 1.48. The highest BCUT2D eigenvalue weighted by molar-refractivity contribution is 6.39. The molecule has 2 aromatic rings. The van der Waals surface area contributed by atoms with E-state index < -0.39 is 11.8 Å². The maximum Gasteiger partial charge on any atom is 0.329 e. The van der Waals surface area contributed by atoms with Crippen molar-refractivity contribution < 1.29 is 9.59 Å². The van der Waals surface area contributed by atoms with Crippen molar-refractivity contribution in [3.05, 3.63) is 59.9 Å². The van der Waals surface area contributed by atoms with Crippen molar-refractivity contribution in [3.63, 3.8) is 0 Å². The molecule has 1 aromatic heterocycles. The third-order valence-electron chi connectivity index (χ3n) is 2.57. The predicted octanol–water partition coefficient (Wildman–Crippen LogP) is 1.48. The normalized spacial score (nSPS) is 10.3. The van der Waals surface area contributed by atoms with Gasteiger partial charge in [0.25, 0.3) is 0 Å². The monoisotopic (exact) mass is 282 g/mol. The van der Waals surface area contributed by atoms with E-state index >= 15 is 0 Å². The largest absolute Gasteiger partial charge is 0.329 e. The summed E-state index contributed by atoms with van der Waals surface area (Å²) in [6, 6.07) is 12.4. The van der Waals surface area contributed by atoms with Crippen LogP contribution in [0.25, 0.3) is 0 Å². The van der Waals surface area contributed by atoms with Gasteiger partial charge in [0.1, 0.15) is 0 Å². The van der Waals surface area contributed by atoms with Crippen LogP contribution < -0.4 is 10.7 Å². The van der Waals surface area contributed by atoms with Crippen molar-refractivity contribution in [2.75, 3.05) is 5.32 Å². The van der Waals surface area contributed by atoms with Gasteiger partial charge in [-0.1, -0.05) is 23.8 Å². The van der Waals surface area contributed by atoms with Gasteiger partial charge in [-0.25, -0.2) is 5.43 Å². The Hall–Kier alpha value is -3.02. The van der Waals surface area contributed by atoms with Crippen LogP contribution in [-0.2, 0) is 9.59 Å². The molecule has 2 N–H and O–H groups in total. The number of hydrogen-bond acceptors (Lipinski definition) is 4. The second-order valence-corrected chi connectivity index (χ2v) is 4.27. The molecule has 0 atom stereocenters. The zero-order valence-corrected chi connectivity index (χ0v) is 11.4. The lowest BCUT2D eigenvalue weighted by molar-refractivity contribution is -0.136. The van der Waals surface area contributed by atoms with Crippen LogP contribution in [0.4, 0.5) is 5.69 Å². The van der Waals surface area contributed by atoms with Crippen LogP contribution in [0.1, 0.15) is 11.3 Å². The van der Waals surface area contributed by atoms with E-state index in [2.05, 4.69) is 20.8 Å². The molecule has 6 heteroatoms. The second-order valence-electron chi connectivity index (χ2n) is 4.27. The number of nitrogens with zero attached hydrogens (tertiary/aromatic N) is 2. The van der Waals surface area contributed by atoms with E-state index in [0.717, 1.165) is 5.56 Å². The molecule has 0 fully saturated rings. The molecule has 21 heavy (non-hydrogen) atoms. The standard InChI is InChI=1S/C15H14N4O2/c1-11-5-7-12(8-6-11)18-14(20)15(21)19-17-10-13-4-2-3-9-16-13/h2-10H,1H3,(H,18,20)(H,19,21)/b17-10+. The Labute approximate surface area is 121 Å². The highest BCUT2D eigenvalue weighted by Crippen LogP contribution is 2.08. The van der Waals surface area contributed by atoms with Crippen LogP contribution in [0.3, 0.4) is 0 Å². The fourth-order valence-corrected chi connectivity index (χ4v) is 1.48. The fraction of sp³-hybridized carbons (Fsp3) is 0.0667. The van der Waals surface area contributed by atoms with Gasteiger partial charge in [0.15, 0.2) is 0 Å². The highest BCUT2D eigenvalue weighted by Gasteiger charge is 2.12. The second kappa shape index (κ2) is 6.95. The number of aryl methyl sites for hydroxylation is 1. The molecule has 1 aromatic carbocycles. The summed E-state index contributed by atoms with van der Waals surface area (Å²) in [5, 5.41) is 6.15. The smallest absolute Gasteiger partial charge is 0.318 e. The molecule has 0 aliphatic carbocycles. The summed E-state index contributed by atoms with van der Waals surface area (Å²) in [5.74, 6) is -1.63. The summed E-state index contributed by atoms with van der Waals surface area (Å²) in [7, 11) is 0. The van der Waals surface area contributed by atoms with Crippen LogP contribution in [0.5, 0.6) is 0 Å². The molecule has 0 saturated heterocycles. The average molecular weight is 282 g/mol. The molecule has 0 bridgehead atoms. The van der Waals surface area contributed by atoms with Crippen molar-refractivity contribution in [1.29, 1.82) is 0 Å². The zero-order chi connectivity index (χ0) is 15.1. The number of amides is 2. The Morgan fingerprint density at radius 3 is 2.52 bits per heavy atom. The van der Waals surface area contributed by atoms with E-state index in [9.17, 15) is 9.59 Å². The first-order valence-corrected chi connectivity index (χ1v) is 6.27. The minimum absolute atomic E-state index is 0.550. The Morgan fingerprint density at radius 2 is 1.86 bits per heavy atom. The van der Waals surface area contributed by atoms with E-state index in [1.807, 2.05) is 19.1 Å². The molecule has 2 rings (SSSR count). The van der Waals surface area contributed by atoms with Gasteiger partial charge in [0, 0.05) is 11.9 Å². The summed E-state index contributed by atoms with van der Waals surface area (Å²) in [6.45, 7) is 1.94.